The van der Waals surface area contributed by atoms with Gasteiger partial charge in [0.25, 0.3) is 5.95 Å². The van der Waals surface area contributed by atoms with Crippen molar-refractivity contribution in [2.24, 2.45) is 0 Å². The highest BCUT2D eigenvalue weighted by Crippen LogP contribution is 2.38. The Balaban J connectivity index is 0.000000704. The van der Waals surface area contributed by atoms with Crippen LogP contribution in [0.3, 0.4) is 0 Å². The van der Waals surface area contributed by atoms with Gasteiger partial charge in [0.2, 0.25) is 0 Å². The van der Waals surface area contributed by atoms with E-state index in [2.05, 4.69) is 53.3 Å². The molecule has 20 heavy (non-hydrogen) atoms. The average Bonchev–Trinajstić information content (AvgIpc) is 3.21. The highest BCUT2D eigenvalue weighted by Gasteiger charge is 2.30. The average molecular weight is 361 g/mol. The maximum absolute atomic E-state index is 4.64. The fourth-order valence-electron chi connectivity index (χ4n) is 1.74. The molecule has 1 unspecified atom stereocenters. The first kappa shape index (κ1) is 15.3. The van der Waals surface area contributed by atoms with Crippen LogP contribution in [-0.2, 0) is 0 Å². The lowest BCUT2D eigenvalue weighted by atomic mass is 10.3. The van der Waals surface area contributed by atoms with E-state index in [4.69, 9.17) is 0 Å². The Kier molecular flexibility index (Phi) is 5.06. The summed E-state index contributed by atoms with van der Waals surface area (Å²) in [5.74, 6) is 2.77. The third-order valence-corrected chi connectivity index (χ3v) is 3.24. The van der Waals surface area contributed by atoms with Gasteiger partial charge in [-0.2, -0.15) is 4.68 Å². The molecular weight excluding hydrogens is 344 g/mol. The van der Waals surface area contributed by atoms with Crippen molar-refractivity contribution in [3.8, 4) is 5.95 Å². The van der Waals surface area contributed by atoms with Crippen LogP contribution in [0.15, 0.2) is 16.9 Å². The van der Waals surface area contributed by atoms with E-state index < -0.39 is 0 Å². The Hall–Kier alpha value is -1.05. The molecule has 6 nitrogen and oxygen atoms in total. The van der Waals surface area contributed by atoms with Crippen LogP contribution in [-0.4, -0.2) is 31.1 Å². The first-order valence-electron chi connectivity index (χ1n) is 6.31. The first-order valence-corrected chi connectivity index (χ1v) is 7.85. The number of alkyl halides is 1. The summed E-state index contributed by atoms with van der Waals surface area (Å²) >= 11 is 7.96. The van der Waals surface area contributed by atoms with Gasteiger partial charge in [-0.25, -0.2) is 15.0 Å². The smallest absolute Gasteiger partial charge is 0.252 e. The Morgan fingerprint density at radius 2 is 1.95 bits per heavy atom. The van der Waals surface area contributed by atoms with E-state index in [9.17, 15) is 0 Å². The lowest BCUT2D eigenvalue weighted by molar-refractivity contribution is -0.422. The summed E-state index contributed by atoms with van der Waals surface area (Å²) in [4.78, 5) is 13.1. The van der Waals surface area contributed by atoms with Gasteiger partial charge < -0.3 is 5.73 Å². The molecule has 1 aliphatic carbocycles. The van der Waals surface area contributed by atoms with Crippen molar-refractivity contribution in [2.75, 3.05) is 6.38 Å². The second-order valence-corrected chi connectivity index (χ2v) is 5.53. The molecule has 2 heterocycles. The van der Waals surface area contributed by atoms with Crippen molar-refractivity contribution in [1.29, 1.82) is 0 Å². The maximum Gasteiger partial charge on any atom is 0.252 e. The summed E-state index contributed by atoms with van der Waals surface area (Å²) in [5, 5.41) is 4.52. The van der Waals surface area contributed by atoms with E-state index in [1.165, 1.54) is 19.2 Å². The Bertz CT molecular complexity index is 564. The molecule has 2 aromatic rings. The van der Waals surface area contributed by atoms with E-state index in [0.717, 1.165) is 16.1 Å². The Labute approximate surface area is 130 Å². The normalized spacial score (nSPS) is 15.4. The highest BCUT2D eigenvalue weighted by atomic mass is 79.9. The Morgan fingerprint density at radius 3 is 2.45 bits per heavy atom. The number of nitrogens with zero attached hydrogens (tertiary/aromatic N) is 5. The van der Waals surface area contributed by atoms with Crippen LogP contribution in [0, 0.1) is 0 Å². The number of hydrogen-bond donors (Lipinski definition) is 1. The second kappa shape index (κ2) is 6.60. The van der Waals surface area contributed by atoms with Crippen molar-refractivity contribution in [1.82, 2.24) is 24.7 Å². The van der Waals surface area contributed by atoms with Crippen LogP contribution < -0.4 is 5.73 Å². The number of hydrogen-bond acceptors (Lipinski definition) is 4. The number of aromatic nitrogens is 5. The van der Waals surface area contributed by atoms with Crippen LogP contribution >= 0.6 is 27.5 Å². The predicted octanol–water partition coefficient (Wildman–Crippen LogP) is 1.86. The molecule has 0 aliphatic heterocycles. The summed E-state index contributed by atoms with van der Waals surface area (Å²) in [6, 6.07) is 0.0530. The van der Waals surface area contributed by atoms with Crippen molar-refractivity contribution < 1.29 is 5.73 Å². The minimum Gasteiger partial charge on any atom is -0.349 e. The first-order chi connectivity index (χ1) is 9.65. The molecule has 8 heteroatoms. The van der Waals surface area contributed by atoms with Crippen LogP contribution in [0.2, 0.25) is 0 Å². The molecule has 0 saturated heterocycles. The third-order valence-electron chi connectivity index (χ3n) is 2.83. The molecule has 0 amide bonds. The van der Waals surface area contributed by atoms with E-state index in [1.54, 1.807) is 17.1 Å². The minimum absolute atomic E-state index is 0.0530. The molecule has 3 rings (SSSR count). The van der Waals surface area contributed by atoms with Crippen LogP contribution in [0.1, 0.15) is 43.4 Å². The van der Waals surface area contributed by atoms with E-state index >= 15 is 0 Å². The molecule has 1 fully saturated rings. The van der Waals surface area contributed by atoms with E-state index in [1.807, 2.05) is 6.92 Å². The van der Waals surface area contributed by atoms with Crippen LogP contribution in [0.25, 0.3) is 5.95 Å². The van der Waals surface area contributed by atoms with Gasteiger partial charge in [0, 0.05) is 24.7 Å². The SMILES string of the molecule is CC([NH3+])c1nc(C2CC2)nn1-c1ncc(Br)cn1.CCl. The molecule has 0 bridgehead atoms. The molecule has 1 atom stereocenters. The summed E-state index contributed by atoms with van der Waals surface area (Å²) in [5.41, 5.74) is 4.02. The van der Waals surface area contributed by atoms with Crippen molar-refractivity contribution in [3.05, 3.63) is 28.5 Å². The standard InChI is InChI=1S/C11H13BrN6.CH3Cl/c1-6(13)10-16-9(7-2-3-7)17-18(10)11-14-4-8(12)5-15-11;1-2/h4-7H,2-3,13H2,1H3;1H3/p+1. The zero-order valence-electron chi connectivity index (χ0n) is 11.4. The molecule has 0 radical (unpaired) electrons. The predicted molar refractivity (Wildman–Crippen MR) is 79.7 cm³/mol. The lowest BCUT2D eigenvalue weighted by Crippen LogP contribution is -2.52. The summed E-state index contributed by atoms with van der Waals surface area (Å²) in [6.07, 6.45) is 7.24. The lowest BCUT2D eigenvalue weighted by Gasteiger charge is -2.03. The van der Waals surface area contributed by atoms with Gasteiger partial charge in [0.1, 0.15) is 6.04 Å². The van der Waals surface area contributed by atoms with E-state index in [-0.39, 0.29) is 6.04 Å². The van der Waals surface area contributed by atoms with Gasteiger partial charge in [-0.1, -0.05) is 0 Å². The molecule has 0 spiro atoms. The van der Waals surface area contributed by atoms with Crippen LogP contribution in [0.4, 0.5) is 0 Å². The number of quaternary nitrogens is 1. The monoisotopic (exact) mass is 359 g/mol. The van der Waals surface area contributed by atoms with Crippen molar-refractivity contribution in [2.45, 2.75) is 31.7 Å². The summed E-state index contributed by atoms with van der Waals surface area (Å²) in [7, 11) is 0. The summed E-state index contributed by atoms with van der Waals surface area (Å²) in [6.45, 7) is 2.00. The molecular formula is C12H17BrClN6+. The molecule has 1 aliphatic rings. The van der Waals surface area contributed by atoms with Gasteiger partial charge in [0.15, 0.2) is 11.6 Å². The maximum atomic E-state index is 4.64. The molecule has 3 N–H and O–H groups in total. The van der Waals surface area contributed by atoms with Gasteiger partial charge in [-0.15, -0.1) is 16.7 Å². The van der Waals surface area contributed by atoms with Crippen LogP contribution in [0.5, 0.6) is 0 Å². The fraction of sp³-hybridized carbons (Fsp3) is 0.500. The highest BCUT2D eigenvalue weighted by molar-refractivity contribution is 9.10. The van der Waals surface area contributed by atoms with Gasteiger partial charge in [0.05, 0.1) is 4.47 Å². The second-order valence-electron chi connectivity index (χ2n) is 4.62. The van der Waals surface area contributed by atoms with Gasteiger partial charge in [-0.3, -0.25) is 0 Å². The zero-order chi connectivity index (χ0) is 14.7. The van der Waals surface area contributed by atoms with Gasteiger partial charge in [-0.05, 0) is 35.7 Å². The Morgan fingerprint density at radius 1 is 1.35 bits per heavy atom. The fourth-order valence-corrected chi connectivity index (χ4v) is 1.94. The van der Waals surface area contributed by atoms with Crippen molar-refractivity contribution >= 4 is 27.5 Å². The largest absolute Gasteiger partial charge is 0.349 e. The zero-order valence-corrected chi connectivity index (χ0v) is 13.8. The minimum atomic E-state index is 0.0530. The third kappa shape index (κ3) is 3.34. The number of rotatable bonds is 3. The topological polar surface area (TPSA) is 84.1 Å². The van der Waals surface area contributed by atoms with Crippen molar-refractivity contribution in [3.63, 3.8) is 0 Å². The molecule has 108 valence electrons. The number of halogens is 2. The quantitative estimate of drug-likeness (QED) is 0.847. The molecule has 2 aromatic heterocycles. The van der Waals surface area contributed by atoms with E-state index in [0.29, 0.717) is 11.9 Å². The summed E-state index contributed by atoms with van der Waals surface area (Å²) < 4.78 is 2.55. The van der Waals surface area contributed by atoms with Gasteiger partial charge >= 0.3 is 0 Å². The molecule has 0 aromatic carbocycles. The molecule has 1 saturated carbocycles.